The number of thioether (sulfide) groups is 1. The van der Waals surface area contributed by atoms with E-state index in [4.69, 9.17) is 16.3 Å². The van der Waals surface area contributed by atoms with Gasteiger partial charge in [-0.2, -0.15) is 0 Å². The van der Waals surface area contributed by atoms with Crippen LogP contribution < -0.4 is 4.74 Å². The minimum atomic E-state index is -0.253. The van der Waals surface area contributed by atoms with E-state index in [1.54, 1.807) is 6.07 Å². The quantitative estimate of drug-likeness (QED) is 0.350. The maximum atomic E-state index is 12.8. The molecule has 1 aliphatic carbocycles. The van der Waals surface area contributed by atoms with Crippen molar-refractivity contribution in [3.8, 4) is 5.75 Å². The zero-order valence-electron chi connectivity index (χ0n) is 16.3. The maximum absolute atomic E-state index is 12.8. The fourth-order valence-corrected chi connectivity index (χ4v) is 4.26. The Morgan fingerprint density at radius 3 is 2.62 bits per heavy atom. The first-order chi connectivity index (χ1) is 14.0. The van der Waals surface area contributed by atoms with Crippen LogP contribution in [0.25, 0.3) is 0 Å². The molecule has 29 heavy (non-hydrogen) atoms. The van der Waals surface area contributed by atoms with Crippen LogP contribution in [0.4, 0.5) is 0 Å². The van der Waals surface area contributed by atoms with Crippen LogP contribution in [-0.2, 0) is 6.61 Å². The Bertz CT molecular complexity index is 1020. The Labute approximate surface area is 179 Å². The number of carbonyl (C=O) groups excluding carboxylic acids is 1. The number of hydrogen-bond acceptors (Lipinski definition) is 5. The van der Waals surface area contributed by atoms with Gasteiger partial charge in [-0.3, -0.25) is 9.36 Å². The van der Waals surface area contributed by atoms with Crippen LogP contribution >= 0.6 is 23.4 Å². The van der Waals surface area contributed by atoms with Crippen molar-refractivity contribution < 1.29 is 9.53 Å². The maximum Gasteiger partial charge on any atom is 0.192 e. The van der Waals surface area contributed by atoms with Gasteiger partial charge < -0.3 is 4.74 Å². The number of aryl methyl sites for hydroxylation is 1. The predicted octanol–water partition coefficient (Wildman–Crippen LogP) is 5.52. The minimum absolute atomic E-state index is 0.0919. The molecule has 1 aliphatic rings. The molecule has 0 amide bonds. The van der Waals surface area contributed by atoms with E-state index in [2.05, 4.69) is 14.8 Å². The number of para-hydroxylation sites is 1. The van der Waals surface area contributed by atoms with Crippen LogP contribution in [0, 0.1) is 6.92 Å². The summed E-state index contributed by atoms with van der Waals surface area (Å²) in [6, 6.07) is 15.4. The van der Waals surface area contributed by atoms with Crippen molar-refractivity contribution >= 4 is 29.1 Å². The molecule has 1 saturated carbocycles. The number of carbonyl (C=O) groups is 1. The van der Waals surface area contributed by atoms with Crippen LogP contribution in [-0.4, -0.2) is 25.8 Å². The van der Waals surface area contributed by atoms with Gasteiger partial charge in [0.2, 0.25) is 0 Å². The first-order valence-corrected chi connectivity index (χ1v) is 10.9. The van der Waals surface area contributed by atoms with Gasteiger partial charge in [-0.1, -0.05) is 65.3 Å². The minimum Gasteiger partial charge on any atom is -0.484 e. The van der Waals surface area contributed by atoms with Gasteiger partial charge in [0.05, 0.1) is 10.3 Å². The molecule has 0 spiro atoms. The number of nitrogens with zero attached hydrogens (tertiary/aromatic N) is 3. The molecule has 0 saturated heterocycles. The molecule has 1 fully saturated rings. The Kier molecular flexibility index (Phi) is 5.92. The number of hydrogen-bond donors (Lipinski definition) is 0. The van der Waals surface area contributed by atoms with E-state index in [-0.39, 0.29) is 17.6 Å². The van der Waals surface area contributed by atoms with E-state index in [0.717, 1.165) is 34.9 Å². The summed E-state index contributed by atoms with van der Waals surface area (Å²) in [5.41, 5.74) is 1.86. The van der Waals surface area contributed by atoms with Crippen LogP contribution in [0.2, 0.25) is 5.02 Å². The molecule has 0 aliphatic heterocycles. The summed E-state index contributed by atoms with van der Waals surface area (Å²) in [7, 11) is 0. The van der Waals surface area contributed by atoms with Gasteiger partial charge in [0.15, 0.2) is 16.8 Å². The smallest absolute Gasteiger partial charge is 0.192 e. The summed E-state index contributed by atoms with van der Waals surface area (Å²) >= 11 is 7.62. The van der Waals surface area contributed by atoms with E-state index in [0.29, 0.717) is 16.8 Å². The highest BCUT2D eigenvalue weighted by molar-refractivity contribution is 8.00. The number of Topliss-reactive ketones (excluding diaryl/α,β-unsaturated/α-hetero) is 1. The number of rotatable bonds is 8. The van der Waals surface area contributed by atoms with E-state index in [1.807, 2.05) is 56.3 Å². The lowest BCUT2D eigenvalue weighted by atomic mass is 10.1. The molecule has 1 aromatic heterocycles. The van der Waals surface area contributed by atoms with Gasteiger partial charge in [-0.25, -0.2) is 0 Å². The molecule has 0 bridgehead atoms. The first kappa shape index (κ1) is 20.0. The molecule has 150 valence electrons. The van der Waals surface area contributed by atoms with Gasteiger partial charge in [-0.15, -0.1) is 10.2 Å². The van der Waals surface area contributed by atoms with Crippen molar-refractivity contribution in [3.05, 3.63) is 70.5 Å². The highest BCUT2D eigenvalue weighted by Crippen LogP contribution is 2.40. The van der Waals surface area contributed by atoms with Crippen LogP contribution in [0.15, 0.2) is 53.7 Å². The Hall–Kier alpha value is -2.31. The summed E-state index contributed by atoms with van der Waals surface area (Å²) < 4.78 is 7.97. The molecule has 0 radical (unpaired) electrons. The van der Waals surface area contributed by atoms with Crippen molar-refractivity contribution in [1.29, 1.82) is 0 Å². The van der Waals surface area contributed by atoms with Crippen molar-refractivity contribution in [2.75, 3.05) is 0 Å². The zero-order chi connectivity index (χ0) is 20.4. The molecular formula is C22H22ClN3O2S. The van der Waals surface area contributed by atoms with Gasteiger partial charge in [0, 0.05) is 11.6 Å². The number of benzene rings is 2. The molecule has 2 aromatic carbocycles. The molecule has 5 nitrogen and oxygen atoms in total. The SMILES string of the molecule is Cc1ccc(C(=O)[C@@H](C)Sc2nnc(COc3ccccc3Cl)n2C2CC2)cc1. The number of halogens is 1. The number of aromatic nitrogens is 3. The molecule has 1 atom stereocenters. The lowest BCUT2D eigenvalue weighted by Gasteiger charge is -2.13. The zero-order valence-corrected chi connectivity index (χ0v) is 17.9. The monoisotopic (exact) mass is 427 g/mol. The van der Waals surface area contributed by atoms with E-state index in [1.165, 1.54) is 11.8 Å². The topological polar surface area (TPSA) is 57.0 Å². The molecule has 1 heterocycles. The third-order valence-corrected chi connectivity index (χ3v) is 6.20. The largest absolute Gasteiger partial charge is 0.484 e. The van der Waals surface area contributed by atoms with Gasteiger partial charge in [0.1, 0.15) is 12.4 Å². The molecule has 0 unspecified atom stereocenters. The molecule has 0 N–H and O–H groups in total. The average molecular weight is 428 g/mol. The standard InChI is InChI=1S/C22H22ClN3O2S/c1-14-7-9-16(10-8-14)21(27)15(2)29-22-25-24-20(26(22)17-11-12-17)13-28-19-6-4-3-5-18(19)23/h3-10,15,17H,11-13H2,1-2H3/t15-/m1/s1. The van der Waals surface area contributed by atoms with Gasteiger partial charge >= 0.3 is 0 Å². The first-order valence-electron chi connectivity index (χ1n) is 9.61. The second-order valence-corrected chi connectivity index (χ2v) is 8.92. The molecule has 7 heteroatoms. The molecule has 3 aromatic rings. The van der Waals surface area contributed by atoms with Crippen LogP contribution in [0.3, 0.4) is 0 Å². The van der Waals surface area contributed by atoms with Crippen molar-refractivity contribution in [3.63, 3.8) is 0 Å². The fraction of sp³-hybridized carbons (Fsp3) is 0.318. The van der Waals surface area contributed by atoms with Crippen LogP contribution in [0.5, 0.6) is 5.75 Å². The summed E-state index contributed by atoms with van der Waals surface area (Å²) in [4.78, 5) is 12.8. The average Bonchev–Trinajstić information content (AvgIpc) is 3.48. The second-order valence-electron chi connectivity index (χ2n) is 7.21. The highest BCUT2D eigenvalue weighted by Gasteiger charge is 2.31. The summed E-state index contributed by atoms with van der Waals surface area (Å²) in [5.74, 6) is 1.47. The normalized spacial score (nSPS) is 14.6. The van der Waals surface area contributed by atoms with Crippen molar-refractivity contribution in [2.24, 2.45) is 0 Å². The number of ketones is 1. The van der Waals surface area contributed by atoms with Gasteiger partial charge in [0.25, 0.3) is 0 Å². The lowest BCUT2D eigenvalue weighted by molar-refractivity contribution is 0.0994. The lowest BCUT2D eigenvalue weighted by Crippen LogP contribution is -2.15. The Balaban J connectivity index is 1.48. The third kappa shape index (κ3) is 4.65. The fourth-order valence-electron chi connectivity index (χ4n) is 3.05. The summed E-state index contributed by atoms with van der Waals surface area (Å²) in [6.45, 7) is 4.21. The summed E-state index contributed by atoms with van der Waals surface area (Å²) in [6.07, 6.45) is 2.18. The third-order valence-electron chi connectivity index (χ3n) is 4.83. The summed E-state index contributed by atoms with van der Waals surface area (Å²) in [5, 5.41) is 9.76. The Morgan fingerprint density at radius 1 is 1.21 bits per heavy atom. The van der Waals surface area contributed by atoms with Crippen LogP contribution in [0.1, 0.15) is 47.6 Å². The van der Waals surface area contributed by atoms with Crippen molar-refractivity contribution in [2.45, 2.75) is 49.7 Å². The Morgan fingerprint density at radius 2 is 1.93 bits per heavy atom. The van der Waals surface area contributed by atoms with Crippen molar-refractivity contribution in [1.82, 2.24) is 14.8 Å². The predicted molar refractivity (Wildman–Crippen MR) is 115 cm³/mol. The molecule has 4 rings (SSSR count). The van der Waals surface area contributed by atoms with E-state index < -0.39 is 0 Å². The van der Waals surface area contributed by atoms with E-state index in [9.17, 15) is 4.79 Å². The van der Waals surface area contributed by atoms with E-state index >= 15 is 0 Å². The highest BCUT2D eigenvalue weighted by atomic mass is 35.5. The second kappa shape index (κ2) is 8.59. The number of ether oxygens (including phenoxy) is 1. The molecular weight excluding hydrogens is 406 g/mol. The van der Waals surface area contributed by atoms with Gasteiger partial charge in [-0.05, 0) is 38.8 Å².